The van der Waals surface area contributed by atoms with Crippen molar-refractivity contribution in [2.24, 2.45) is 5.73 Å². The van der Waals surface area contributed by atoms with Crippen molar-refractivity contribution >= 4 is 0 Å². The number of hydrogen-bond acceptors (Lipinski definition) is 2. The number of pyridine rings is 1. The maximum Gasteiger partial charge on any atom is 0.141 e. The fourth-order valence-electron chi connectivity index (χ4n) is 0.705. The zero-order valence-corrected chi connectivity index (χ0v) is 6.00. The van der Waals surface area contributed by atoms with Crippen molar-refractivity contribution in [3.63, 3.8) is 0 Å². The first-order chi connectivity index (χ1) is 5.24. The monoisotopic (exact) mass is 152 g/mol. The van der Waals surface area contributed by atoms with E-state index < -0.39 is 0 Å². The van der Waals surface area contributed by atoms with Crippen LogP contribution in [-0.2, 0) is 0 Å². The van der Waals surface area contributed by atoms with Crippen molar-refractivity contribution in [1.82, 2.24) is 4.98 Å². The normalized spacial score (nSPS) is 12.5. The smallest absolute Gasteiger partial charge is 0.141 e. The van der Waals surface area contributed by atoms with Gasteiger partial charge in [-0.25, -0.2) is 4.39 Å². The molecule has 0 saturated carbocycles. The minimum absolute atomic E-state index is 0.310. The lowest BCUT2D eigenvalue weighted by molar-refractivity contribution is 0.618. The number of hydrogen-bond donors (Lipinski definition) is 1. The second-order valence-corrected chi connectivity index (χ2v) is 2.16. The van der Waals surface area contributed by atoms with Gasteiger partial charge in [-0.05, 0) is 12.1 Å². The van der Waals surface area contributed by atoms with Gasteiger partial charge in [0.15, 0.2) is 0 Å². The molecule has 0 radical (unpaired) electrons. The third kappa shape index (κ3) is 1.85. The number of nitrogens with zero attached hydrogens (tertiary/aromatic N) is 1. The maximum absolute atomic E-state index is 12.3. The molecule has 0 aliphatic carbocycles. The first-order valence-corrected chi connectivity index (χ1v) is 3.23. The van der Waals surface area contributed by atoms with E-state index in [1.807, 2.05) is 0 Å². The Labute approximate surface area is 64.6 Å². The summed E-state index contributed by atoms with van der Waals surface area (Å²) in [5.74, 6) is -0.356. The summed E-state index contributed by atoms with van der Waals surface area (Å²) < 4.78 is 12.3. The van der Waals surface area contributed by atoms with E-state index >= 15 is 0 Å². The molecule has 1 rings (SSSR count). The summed E-state index contributed by atoms with van der Waals surface area (Å²) in [6.07, 6.45) is 2.69. The largest absolute Gasteiger partial charge is 0.319 e. The molecule has 58 valence electrons. The van der Waals surface area contributed by atoms with Gasteiger partial charge in [-0.2, -0.15) is 0 Å². The Morgan fingerprint density at radius 2 is 2.36 bits per heavy atom. The van der Waals surface area contributed by atoms with Gasteiger partial charge in [0.25, 0.3) is 0 Å². The standard InChI is InChI=1S/C8H9FN2/c1-2-7(10)8-4-3-6(9)5-11-8/h2-5,7H,1,10H2. The molecule has 0 aromatic carbocycles. The van der Waals surface area contributed by atoms with Crippen LogP contribution in [0.4, 0.5) is 4.39 Å². The van der Waals surface area contributed by atoms with Gasteiger partial charge in [-0.15, -0.1) is 6.58 Å². The summed E-state index contributed by atoms with van der Waals surface area (Å²) in [7, 11) is 0. The number of aromatic nitrogens is 1. The van der Waals surface area contributed by atoms with Crippen molar-refractivity contribution in [3.8, 4) is 0 Å². The molecule has 0 aliphatic heterocycles. The van der Waals surface area contributed by atoms with Crippen LogP contribution in [0.15, 0.2) is 31.0 Å². The van der Waals surface area contributed by atoms with Gasteiger partial charge in [0.2, 0.25) is 0 Å². The van der Waals surface area contributed by atoms with Crippen LogP contribution in [0, 0.1) is 5.82 Å². The first-order valence-electron chi connectivity index (χ1n) is 3.23. The Morgan fingerprint density at radius 1 is 1.64 bits per heavy atom. The van der Waals surface area contributed by atoms with Crippen LogP contribution in [0.5, 0.6) is 0 Å². The third-order valence-electron chi connectivity index (χ3n) is 1.35. The Balaban J connectivity index is 2.89. The minimum atomic E-state index is -0.356. The van der Waals surface area contributed by atoms with Crippen LogP contribution >= 0.6 is 0 Å². The quantitative estimate of drug-likeness (QED) is 0.650. The first kappa shape index (κ1) is 7.88. The molecule has 3 heteroatoms. The van der Waals surface area contributed by atoms with E-state index in [9.17, 15) is 4.39 Å². The number of halogens is 1. The average Bonchev–Trinajstić information content (AvgIpc) is 2.05. The highest BCUT2D eigenvalue weighted by molar-refractivity contribution is 5.13. The minimum Gasteiger partial charge on any atom is -0.319 e. The van der Waals surface area contributed by atoms with Gasteiger partial charge in [0.05, 0.1) is 17.9 Å². The van der Waals surface area contributed by atoms with Crippen molar-refractivity contribution in [2.45, 2.75) is 6.04 Å². The van der Waals surface area contributed by atoms with E-state index in [1.54, 1.807) is 12.1 Å². The van der Waals surface area contributed by atoms with Crippen LogP contribution in [0.3, 0.4) is 0 Å². The molecule has 0 saturated heterocycles. The Morgan fingerprint density at radius 3 is 2.82 bits per heavy atom. The third-order valence-corrected chi connectivity index (χ3v) is 1.35. The highest BCUT2D eigenvalue weighted by Gasteiger charge is 2.01. The molecule has 0 spiro atoms. The van der Waals surface area contributed by atoms with E-state index in [-0.39, 0.29) is 11.9 Å². The van der Waals surface area contributed by atoms with Gasteiger partial charge in [-0.1, -0.05) is 6.08 Å². The second-order valence-electron chi connectivity index (χ2n) is 2.16. The van der Waals surface area contributed by atoms with Crippen molar-refractivity contribution in [1.29, 1.82) is 0 Å². The van der Waals surface area contributed by atoms with E-state index in [0.717, 1.165) is 6.20 Å². The van der Waals surface area contributed by atoms with E-state index in [2.05, 4.69) is 11.6 Å². The molecule has 11 heavy (non-hydrogen) atoms. The zero-order valence-electron chi connectivity index (χ0n) is 6.00. The molecule has 2 N–H and O–H groups in total. The molecule has 0 fully saturated rings. The van der Waals surface area contributed by atoms with Crippen LogP contribution in [0.2, 0.25) is 0 Å². The molecule has 0 bridgehead atoms. The lowest BCUT2D eigenvalue weighted by Gasteiger charge is -2.03. The fraction of sp³-hybridized carbons (Fsp3) is 0.125. The second kappa shape index (κ2) is 3.25. The Hall–Kier alpha value is -1.22. The molecule has 1 aromatic heterocycles. The molecule has 1 unspecified atom stereocenters. The predicted molar refractivity (Wildman–Crippen MR) is 41.3 cm³/mol. The van der Waals surface area contributed by atoms with E-state index in [0.29, 0.717) is 5.69 Å². The highest BCUT2D eigenvalue weighted by Crippen LogP contribution is 2.07. The van der Waals surface area contributed by atoms with Gasteiger partial charge in [-0.3, -0.25) is 4.98 Å². The molecular weight excluding hydrogens is 143 g/mol. The molecule has 0 aliphatic rings. The zero-order chi connectivity index (χ0) is 8.27. The van der Waals surface area contributed by atoms with Gasteiger partial charge in [0.1, 0.15) is 5.82 Å². The molecule has 1 heterocycles. The molecule has 0 amide bonds. The SMILES string of the molecule is C=CC(N)c1ccc(F)cn1. The lowest BCUT2D eigenvalue weighted by atomic mass is 10.2. The maximum atomic E-state index is 12.3. The van der Waals surface area contributed by atoms with Crippen molar-refractivity contribution in [3.05, 3.63) is 42.5 Å². The van der Waals surface area contributed by atoms with Crippen molar-refractivity contribution in [2.75, 3.05) is 0 Å². The van der Waals surface area contributed by atoms with E-state index in [4.69, 9.17) is 5.73 Å². The Bertz CT molecular complexity index is 243. The molecule has 1 aromatic rings. The van der Waals surface area contributed by atoms with Crippen LogP contribution in [0.25, 0.3) is 0 Å². The summed E-state index contributed by atoms with van der Waals surface area (Å²) in [4.78, 5) is 3.78. The predicted octanol–water partition coefficient (Wildman–Crippen LogP) is 1.41. The van der Waals surface area contributed by atoms with Gasteiger partial charge >= 0.3 is 0 Å². The highest BCUT2D eigenvalue weighted by atomic mass is 19.1. The van der Waals surface area contributed by atoms with Crippen LogP contribution < -0.4 is 5.73 Å². The fourth-order valence-corrected chi connectivity index (χ4v) is 0.705. The molecular formula is C8H9FN2. The number of nitrogens with two attached hydrogens (primary N) is 1. The summed E-state index contributed by atoms with van der Waals surface area (Å²) in [5, 5.41) is 0. The summed E-state index contributed by atoms with van der Waals surface area (Å²) in [5.41, 5.74) is 6.17. The summed E-state index contributed by atoms with van der Waals surface area (Å²) in [6, 6.07) is 2.56. The molecule has 1 atom stereocenters. The number of rotatable bonds is 2. The average molecular weight is 152 g/mol. The summed E-state index contributed by atoms with van der Waals surface area (Å²) in [6.45, 7) is 3.50. The summed E-state index contributed by atoms with van der Waals surface area (Å²) >= 11 is 0. The van der Waals surface area contributed by atoms with E-state index in [1.165, 1.54) is 6.07 Å². The van der Waals surface area contributed by atoms with Crippen molar-refractivity contribution < 1.29 is 4.39 Å². The van der Waals surface area contributed by atoms with Crippen LogP contribution in [-0.4, -0.2) is 4.98 Å². The van der Waals surface area contributed by atoms with Gasteiger partial charge in [0, 0.05) is 0 Å². The Kier molecular flexibility index (Phi) is 2.33. The van der Waals surface area contributed by atoms with Crippen LogP contribution in [0.1, 0.15) is 11.7 Å². The van der Waals surface area contributed by atoms with Gasteiger partial charge < -0.3 is 5.73 Å². The topological polar surface area (TPSA) is 38.9 Å². The molecule has 2 nitrogen and oxygen atoms in total. The lowest BCUT2D eigenvalue weighted by Crippen LogP contribution is -2.08.